The molecule has 0 saturated carbocycles. The van der Waals surface area contributed by atoms with Crippen LogP contribution >= 0.6 is 0 Å². The number of nitrogens with zero attached hydrogens (tertiary/aromatic N) is 5. The summed E-state index contributed by atoms with van der Waals surface area (Å²) in [5.41, 5.74) is 9.14. The summed E-state index contributed by atoms with van der Waals surface area (Å²) in [4.78, 5) is 14.2. The Morgan fingerprint density at radius 2 is 1.05 bits per heavy atom. The van der Waals surface area contributed by atoms with Crippen LogP contribution < -0.4 is 0 Å². The van der Waals surface area contributed by atoms with Crippen molar-refractivity contribution < 1.29 is 11.3 Å². The molecule has 57 heavy (non-hydrogen) atoms. The number of benzene rings is 8. The van der Waals surface area contributed by atoms with E-state index in [1.807, 2.05) is 60.7 Å². The predicted octanol–water partition coefficient (Wildman–Crippen LogP) is 13.0. The molecule has 0 spiro atoms. The zero-order valence-electron chi connectivity index (χ0n) is 35.2. The third kappa shape index (κ3) is 4.87. The molecule has 0 aliphatic carbocycles. The van der Waals surface area contributed by atoms with Crippen LogP contribution in [0.25, 0.3) is 111 Å². The third-order valence-corrected chi connectivity index (χ3v) is 10.8. The van der Waals surface area contributed by atoms with Crippen molar-refractivity contribution in [1.29, 1.82) is 0 Å². The Labute approximate surface area is 333 Å². The second kappa shape index (κ2) is 12.3. The first kappa shape index (κ1) is 26.9. The van der Waals surface area contributed by atoms with E-state index in [2.05, 4.69) is 111 Å². The Morgan fingerprint density at radius 1 is 0.404 bits per heavy atom. The Bertz CT molecular complexity index is 3790. The number of para-hydroxylation sites is 3. The average Bonchev–Trinajstić information content (AvgIpc) is 3.98. The quantitative estimate of drug-likeness (QED) is 0.177. The molecule has 0 aliphatic rings. The number of hydrogen-bond acceptors (Lipinski definition) is 4. The van der Waals surface area contributed by atoms with Crippen LogP contribution in [0.5, 0.6) is 0 Å². The van der Waals surface area contributed by atoms with Crippen LogP contribution in [0, 0.1) is 0 Å². The molecule has 8 aromatic carbocycles. The molecule has 4 aromatic heterocycles. The number of fused-ring (bicyclic) bond motifs is 10. The van der Waals surface area contributed by atoms with Crippen molar-refractivity contribution in [3.8, 4) is 45.5 Å². The molecule has 0 fully saturated rings. The Kier molecular flexibility index (Phi) is 5.82. The van der Waals surface area contributed by atoms with Crippen LogP contribution in [-0.2, 0) is 0 Å². The van der Waals surface area contributed by atoms with Crippen molar-refractivity contribution in [2.45, 2.75) is 0 Å². The molecule has 0 radical (unpaired) electrons. The molecule has 0 amide bonds. The van der Waals surface area contributed by atoms with Crippen molar-refractivity contribution in [1.82, 2.24) is 24.1 Å². The number of furan rings is 1. The van der Waals surface area contributed by atoms with Gasteiger partial charge in [0, 0.05) is 60.4 Å². The molecule has 4 heterocycles. The third-order valence-electron chi connectivity index (χ3n) is 10.8. The molecule has 6 nitrogen and oxygen atoms in total. The minimum Gasteiger partial charge on any atom is -0.456 e. The van der Waals surface area contributed by atoms with Crippen LogP contribution in [0.15, 0.2) is 192 Å². The molecule has 0 aliphatic heterocycles. The van der Waals surface area contributed by atoms with Crippen molar-refractivity contribution >= 4 is 65.6 Å². The first-order valence-electron chi connectivity index (χ1n) is 21.2. The first-order chi connectivity index (χ1) is 30.3. The van der Waals surface area contributed by atoms with E-state index in [9.17, 15) is 0 Å². The summed E-state index contributed by atoms with van der Waals surface area (Å²) in [6, 6.07) is 51.4. The molecule has 12 aromatic rings. The number of aromatic nitrogens is 5. The van der Waals surface area contributed by atoms with Crippen LogP contribution in [0.4, 0.5) is 0 Å². The molecule has 0 unspecified atom stereocenters. The van der Waals surface area contributed by atoms with Gasteiger partial charge in [0.25, 0.3) is 0 Å². The van der Waals surface area contributed by atoms with Crippen molar-refractivity contribution in [2.75, 3.05) is 0 Å². The largest absolute Gasteiger partial charge is 0.456 e. The highest BCUT2D eigenvalue weighted by atomic mass is 16.3. The zero-order valence-corrected chi connectivity index (χ0v) is 30.2. The van der Waals surface area contributed by atoms with E-state index in [1.165, 1.54) is 16.2 Å². The van der Waals surface area contributed by atoms with E-state index in [0.29, 0.717) is 28.1 Å². The van der Waals surface area contributed by atoms with Crippen LogP contribution in [0.3, 0.4) is 0 Å². The van der Waals surface area contributed by atoms with Gasteiger partial charge in [-0.1, -0.05) is 127 Å². The van der Waals surface area contributed by atoms with Gasteiger partial charge < -0.3 is 13.6 Å². The molecule has 0 N–H and O–H groups in total. The molecular weight excluding hydrogens is 699 g/mol. The standard InChI is InChI=1S/C51H31N5O/c1-4-14-32(15-5-1)49-52-50(33-16-6-2-7-17-33)54-51(53-49)34-24-26-38-41-31-36(25-29-45(41)57-46(38)30-34)55-43-23-13-11-21-40(43)47-44(55)28-27-39-37-20-10-12-22-42(37)56(48(39)47)35-18-8-3-9-19-35/h1-31H/i1D,4D,5D,14D,15D. The van der Waals surface area contributed by atoms with Gasteiger partial charge >= 0.3 is 0 Å². The highest BCUT2D eigenvalue weighted by molar-refractivity contribution is 6.26. The van der Waals surface area contributed by atoms with Gasteiger partial charge in [0.1, 0.15) is 11.2 Å². The second-order valence-electron chi connectivity index (χ2n) is 14.1. The fourth-order valence-corrected chi connectivity index (χ4v) is 8.37. The second-order valence-corrected chi connectivity index (χ2v) is 14.1. The van der Waals surface area contributed by atoms with Crippen molar-refractivity contribution in [3.63, 3.8) is 0 Å². The summed E-state index contributed by atoms with van der Waals surface area (Å²) in [7, 11) is 0. The number of rotatable bonds is 5. The van der Waals surface area contributed by atoms with Gasteiger partial charge in [0.05, 0.1) is 28.9 Å². The van der Waals surface area contributed by atoms with Crippen molar-refractivity contribution in [2.24, 2.45) is 0 Å². The molecule has 12 rings (SSSR count). The molecule has 6 heteroatoms. The van der Waals surface area contributed by atoms with E-state index in [1.54, 1.807) is 0 Å². The SMILES string of the molecule is [2H]c1c([2H])c([2H])c(-c2nc(-c3ccccc3)nc(-c3ccc4c(c3)oc3ccc(-n5c6ccccc6c6c5ccc5c7ccccc7n(-c7ccccc7)c56)cc34)n2)c([2H])c1[2H]. The zero-order chi connectivity index (χ0) is 41.8. The Morgan fingerprint density at radius 3 is 1.84 bits per heavy atom. The summed E-state index contributed by atoms with van der Waals surface area (Å²) in [5.74, 6) is 0.556. The smallest absolute Gasteiger partial charge is 0.164 e. The van der Waals surface area contributed by atoms with Crippen molar-refractivity contribution in [3.05, 3.63) is 188 Å². The van der Waals surface area contributed by atoms with E-state index in [4.69, 9.17) is 21.2 Å². The lowest BCUT2D eigenvalue weighted by Gasteiger charge is -2.10. The maximum Gasteiger partial charge on any atom is 0.164 e. The minimum atomic E-state index is -0.484. The van der Waals surface area contributed by atoms with Gasteiger partial charge in [-0.2, -0.15) is 0 Å². The highest BCUT2D eigenvalue weighted by Gasteiger charge is 2.21. The van der Waals surface area contributed by atoms with E-state index in [0.717, 1.165) is 49.6 Å². The Hall–Kier alpha value is -7.83. The summed E-state index contributed by atoms with van der Waals surface area (Å²) in [6.45, 7) is 0. The topological polar surface area (TPSA) is 61.7 Å². The van der Waals surface area contributed by atoms with Gasteiger partial charge in [-0.05, 0) is 60.7 Å². The molecule has 266 valence electrons. The summed E-state index contributed by atoms with van der Waals surface area (Å²) in [6.07, 6.45) is 0. The van der Waals surface area contributed by atoms with Gasteiger partial charge in [-0.3, -0.25) is 0 Å². The van der Waals surface area contributed by atoms with Crippen LogP contribution in [0.1, 0.15) is 6.85 Å². The van der Waals surface area contributed by atoms with Gasteiger partial charge in [0.15, 0.2) is 17.5 Å². The molecule has 0 atom stereocenters. The average molecular weight is 735 g/mol. The van der Waals surface area contributed by atoms with Crippen LogP contribution in [0.2, 0.25) is 0 Å². The summed E-state index contributed by atoms with van der Waals surface area (Å²) in [5, 5.41) is 6.58. The maximum atomic E-state index is 8.66. The fraction of sp³-hybridized carbons (Fsp3) is 0. The normalized spacial score (nSPS) is 13.1. The van der Waals surface area contributed by atoms with Gasteiger partial charge in [-0.25, -0.2) is 15.0 Å². The summed E-state index contributed by atoms with van der Waals surface area (Å²) >= 11 is 0. The van der Waals surface area contributed by atoms with Gasteiger partial charge in [-0.15, -0.1) is 0 Å². The lowest BCUT2D eigenvalue weighted by molar-refractivity contribution is 0.669. The molecular formula is C51H31N5O. The first-order valence-corrected chi connectivity index (χ1v) is 18.7. The lowest BCUT2D eigenvalue weighted by atomic mass is 10.1. The Balaban J connectivity index is 1.04. The maximum absolute atomic E-state index is 8.66. The predicted molar refractivity (Wildman–Crippen MR) is 232 cm³/mol. The molecule has 0 saturated heterocycles. The monoisotopic (exact) mass is 734 g/mol. The molecule has 0 bridgehead atoms. The van der Waals surface area contributed by atoms with E-state index in [-0.39, 0.29) is 29.3 Å². The minimum absolute atomic E-state index is 0.0206. The van der Waals surface area contributed by atoms with Gasteiger partial charge in [0.2, 0.25) is 0 Å². The van der Waals surface area contributed by atoms with Crippen LogP contribution in [-0.4, -0.2) is 24.1 Å². The van der Waals surface area contributed by atoms with E-state index < -0.39 is 18.1 Å². The summed E-state index contributed by atoms with van der Waals surface area (Å²) < 4.78 is 53.3. The number of hydrogen-bond donors (Lipinski definition) is 0. The fourth-order valence-electron chi connectivity index (χ4n) is 8.37. The van der Waals surface area contributed by atoms with E-state index >= 15 is 0 Å². The highest BCUT2D eigenvalue weighted by Crippen LogP contribution is 2.43. The lowest BCUT2D eigenvalue weighted by Crippen LogP contribution is -2.00.